The molecule has 14 heavy (non-hydrogen) atoms. The Labute approximate surface area is 92.9 Å². The lowest BCUT2D eigenvalue weighted by atomic mass is 9.94. The summed E-state index contributed by atoms with van der Waals surface area (Å²) >= 11 is 11.8. The van der Waals surface area contributed by atoms with Crippen LogP contribution in [0.3, 0.4) is 0 Å². The maximum Gasteiger partial charge on any atom is 0.135 e. The second kappa shape index (κ2) is 3.69. The standard InChI is InChI=1S/C10H11Cl2NO/c11-7-5-8(9(12)13-6-7)10(14)3-1-2-4-10/h5-6,14H,1-4H2. The maximum absolute atomic E-state index is 10.3. The molecule has 2 rings (SSSR count). The van der Waals surface area contributed by atoms with Crippen LogP contribution in [0.4, 0.5) is 0 Å². The number of halogens is 2. The predicted molar refractivity (Wildman–Crippen MR) is 56.6 cm³/mol. The van der Waals surface area contributed by atoms with Crippen molar-refractivity contribution in [3.8, 4) is 0 Å². The Morgan fingerprint density at radius 3 is 2.57 bits per heavy atom. The van der Waals surface area contributed by atoms with Crippen LogP contribution in [0, 0.1) is 0 Å². The van der Waals surface area contributed by atoms with Crippen molar-refractivity contribution in [2.45, 2.75) is 31.3 Å². The minimum atomic E-state index is -0.811. The Morgan fingerprint density at radius 2 is 1.93 bits per heavy atom. The first-order valence-corrected chi connectivity index (χ1v) is 5.41. The van der Waals surface area contributed by atoms with Gasteiger partial charge in [-0.2, -0.15) is 0 Å². The summed E-state index contributed by atoms with van der Waals surface area (Å²) in [6.45, 7) is 0. The van der Waals surface area contributed by atoms with Crippen LogP contribution in [0.2, 0.25) is 10.2 Å². The highest BCUT2D eigenvalue weighted by Gasteiger charge is 2.35. The van der Waals surface area contributed by atoms with E-state index >= 15 is 0 Å². The minimum Gasteiger partial charge on any atom is -0.385 e. The fourth-order valence-corrected chi connectivity index (χ4v) is 2.42. The molecule has 1 saturated carbocycles. The first-order chi connectivity index (χ1) is 6.62. The number of hydrogen-bond donors (Lipinski definition) is 1. The lowest BCUT2D eigenvalue weighted by Crippen LogP contribution is -2.21. The fraction of sp³-hybridized carbons (Fsp3) is 0.500. The number of hydrogen-bond acceptors (Lipinski definition) is 2. The van der Waals surface area contributed by atoms with Gasteiger partial charge in [0.25, 0.3) is 0 Å². The van der Waals surface area contributed by atoms with Crippen LogP contribution in [-0.2, 0) is 5.60 Å². The molecule has 1 aliphatic rings. The van der Waals surface area contributed by atoms with Gasteiger partial charge in [-0.25, -0.2) is 4.98 Å². The maximum atomic E-state index is 10.3. The summed E-state index contributed by atoms with van der Waals surface area (Å²) in [5.41, 5.74) is -0.140. The molecular weight excluding hydrogens is 221 g/mol. The molecule has 2 nitrogen and oxygen atoms in total. The van der Waals surface area contributed by atoms with Gasteiger partial charge >= 0.3 is 0 Å². The molecule has 0 radical (unpaired) electrons. The van der Waals surface area contributed by atoms with E-state index in [1.54, 1.807) is 6.07 Å². The van der Waals surface area contributed by atoms with E-state index in [9.17, 15) is 5.11 Å². The number of pyridine rings is 1. The summed E-state index contributed by atoms with van der Waals surface area (Å²) in [4.78, 5) is 3.94. The van der Waals surface area contributed by atoms with Gasteiger partial charge in [0.15, 0.2) is 0 Å². The average molecular weight is 232 g/mol. The monoisotopic (exact) mass is 231 g/mol. The molecule has 1 aromatic heterocycles. The van der Waals surface area contributed by atoms with Crippen molar-refractivity contribution in [1.29, 1.82) is 0 Å². The molecule has 4 heteroatoms. The van der Waals surface area contributed by atoms with Gasteiger partial charge in [0.05, 0.1) is 10.6 Å². The fourth-order valence-electron chi connectivity index (χ4n) is 1.98. The molecule has 0 unspecified atom stereocenters. The van der Waals surface area contributed by atoms with Crippen molar-refractivity contribution < 1.29 is 5.11 Å². The summed E-state index contributed by atoms with van der Waals surface area (Å²) < 4.78 is 0. The molecule has 1 N–H and O–H groups in total. The van der Waals surface area contributed by atoms with Crippen LogP contribution in [0.1, 0.15) is 31.2 Å². The molecular formula is C10H11Cl2NO. The minimum absolute atomic E-state index is 0.360. The number of aromatic nitrogens is 1. The molecule has 1 heterocycles. The zero-order valence-corrected chi connectivity index (χ0v) is 9.15. The summed E-state index contributed by atoms with van der Waals surface area (Å²) in [6.07, 6.45) is 5.04. The molecule has 0 spiro atoms. The predicted octanol–water partition coefficient (Wildman–Crippen LogP) is 3.15. The zero-order valence-electron chi connectivity index (χ0n) is 7.63. The Morgan fingerprint density at radius 1 is 1.29 bits per heavy atom. The van der Waals surface area contributed by atoms with Crippen molar-refractivity contribution in [1.82, 2.24) is 4.98 Å². The molecule has 0 aromatic carbocycles. The van der Waals surface area contributed by atoms with E-state index < -0.39 is 5.60 Å². The first kappa shape index (κ1) is 10.2. The van der Waals surface area contributed by atoms with Gasteiger partial charge in [-0.15, -0.1) is 0 Å². The highest BCUT2D eigenvalue weighted by Crippen LogP contribution is 2.41. The molecule has 0 aliphatic heterocycles. The van der Waals surface area contributed by atoms with Gasteiger partial charge in [-0.1, -0.05) is 36.0 Å². The van der Waals surface area contributed by atoms with E-state index in [1.165, 1.54) is 6.20 Å². The van der Waals surface area contributed by atoms with Crippen LogP contribution in [0.25, 0.3) is 0 Å². The van der Waals surface area contributed by atoms with Crippen LogP contribution in [0.5, 0.6) is 0 Å². The molecule has 0 bridgehead atoms. The Bertz CT molecular complexity index is 348. The Balaban J connectivity index is 2.44. The van der Waals surface area contributed by atoms with Crippen LogP contribution in [-0.4, -0.2) is 10.1 Å². The zero-order chi connectivity index (χ0) is 10.2. The van der Waals surface area contributed by atoms with Crippen LogP contribution >= 0.6 is 23.2 Å². The average Bonchev–Trinajstić information content (AvgIpc) is 2.58. The normalized spacial score (nSPS) is 19.9. The van der Waals surface area contributed by atoms with Gasteiger partial charge in [-0.05, 0) is 18.9 Å². The molecule has 0 atom stereocenters. The van der Waals surface area contributed by atoms with Gasteiger partial charge in [0.1, 0.15) is 5.15 Å². The highest BCUT2D eigenvalue weighted by atomic mass is 35.5. The third-order valence-corrected chi connectivity index (χ3v) is 3.25. The molecule has 76 valence electrons. The van der Waals surface area contributed by atoms with Crippen molar-refractivity contribution >= 4 is 23.2 Å². The SMILES string of the molecule is OC1(c2cc(Cl)cnc2Cl)CCCC1. The molecule has 1 fully saturated rings. The second-order valence-electron chi connectivity index (χ2n) is 3.73. The van der Waals surface area contributed by atoms with Gasteiger partial charge in [-0.3, -0.25) is 0 Å². The largest absolute Gasteiger partial charge is 0.385 e. The summed E-state index contributed by atoms with van der Waals surface area (Å²) in [7, 11) is 0. The van der Waals surface area contributed by atoms with E-state index in [2.05, 4.69) is 4.98 Å². The summed E-state index contributed by atoms with van der Waals surface area (Å²) in [6, 6.07) is 1.71. The highest BCUT2D eigenvalue weighted by molar-refractivity contribution is 6.32. The topological polar surface area (TPSA) is 33.1 Å². The first-order valence-electron chi connectivity index (χ1n) is 4.66. The van der Waals surface area contributed by atoms with E-state index in [1.807, 2.05) is 0 Å². The van der Waals surface area contributed by atoms with E-state index in [4.69, 9.17) is 23.2 Å². The number of rotatable bonds is 1. The smallest absolute Gasteiger partial charge is 0.135 e. The summed E-state index contributed by atoms with van der Waals surface area (Å²) in [5.74, 6) is 0. The van der Waals surface area contributed by atoms with E-state index in [0.717, 1.165) is 25.7 Å². The quantitative estimate of drug-likeness (QED) is 0.754. The van der Waals surface area contributed by atoms with E-state index in [-0.39, 0.29) is 0 Å². The lowest BCUT2D eigenvalue weighted by molar-refractivity contribution is 0.0442. The van der Waals surface area contributed by atoms with Crippen LogP contribution in [0.15, 0.2) is 12.3 Å². The van der Waals surface area contributed by atoms with Crippen LogP contribution < -0.4 is 0 Å². The summed E-state index contributed by atoms with van der Waals surface area (Å²) in [5, 5.41) is 11.2. The van der Waals surface area contributed by atoms with Crippen molar-refractivity contribution in [2.75, 3.05) is 0 Å². The van der Waals surface area contributed by atoms with Crippen molar-refractivity contribution in [3.63, 3.8) is 0 Å². The molecule has 1 aromatic rings. The lowest BCUT2D eigenvalue weighted by Gasteiger charge is -2.23. The third-order valence-electron chi connectivity index (χ3n) is 2.74. The van der Waals surface area contributed by atoms with Gasteiger partial charge in [0, 0.05) is 11.8 Å². The number of aliphatic hydroxyl groups is 1. The Kier molecular flexibility index (Phi) is 2.69. The number of nitrogens with zero attached hydrogens (tertiary/aromatic N) is 1. The van der Waals surface area contributed by atoms with E-state index in [0.29, 0.717) is 15.7 Å². The molecule has 0 amide bonds. The second-order valence-corrected chi connectivity index (χ2v) is 4.53. The van der Waals surface area contributed by atoms with Crippen molar-refractivity contribution in [2.24, 2.45) is 0 Å². The molecule has 0 saturated heterocycles. The Hall–Kier alpha value is -0.310. The van der Waals surface area contributed by atoms with Gasteiger partial charge in [0.2, 0.25) is 0 Å². The van der Waals surface area contributed by atoms with Gasteiger partial charge < -0.3 is 5.11 Å². The van der Waals surface area contributed by atoms with Crippen molar-refractivity contribution in [3.05, 3.63) is 28.0 Å². The third kappa shape index (κ3) is 1.74. The molecule has 1 aliphatic carbocycles.